The molecule has 0 spiro atoms. The van der Waals surface area contributed by atoms with Crippen LogP contribution in [0, 0.1) is 0 Å². The highest BCUT2D eigenvalue weighted by Crippen LogP contribution is 2.40. The van der Waals surface area contributed by atoms with Gasteiger partial charge in [-0.3, -0.25) is 14.6 Å². The van der Waals surface area contributed by atoms with Crippen LogP contribution in [0.3, 0.4) is 0 Å². The number of aliphatic hydroxyl groups is 1. The van der Waals surface area contributed by atoms with Crippen LogP contribution in [0.5, 0.6) is 5.75 Å². The lowest BCUT2D eigenvalue weighted by Crippen LogP contribution is -2.29. The van der Waals surface area contributed by atoms with Gasteiger partial charge < -0.3 is 14.7 Å². The van der Waals surface area contributed by atoms with Crippen LogP contribution < -0.4 is 4.74 Å². The standard InChI is InChI=1S/C24H19BrN2O4/c1-31-19-8-2-15(3-9-19)14-27-21(16-10-12-26-13-11-16)20(23(29)24(27)30)22(28)17-4-6-18(25)7-5-17/h2-13,21,28H,14H2,1H3/b22-20-. The number of methoxy groups -OCH3 is 1. The Morgan fingerprint density at radius 1 is 1.03 bits per heavy atom. The van der Waals surface area contributed by atoms with Crippen molar-refractivity contribution in [1.82, 2.24) is 9.88 Å². The zero-order valence-corrected chi connectivity index (χ0v) is 18.2. The highest BCUT2D eigenvalue weighted by molar-refractivity contribution is 9.10. The van der Waals surface area contributed by atoms with Crippen LogP contribution in [0.1, 0.15) is 22.7 Å². The summed E-state index contributed by atoms with van der Waals surface area (Å²) in [5.41, 5.74) is 2.06. The first-order chi connectivity index (χ1) is 15.0. The minimum absolute atomic E-state index is 0.0621. The number of amides is 1. The lowest BCUT2D eigenvalue weighted by molar-refractivity contribution is -0.140. The second-order valence-electron chi connectivity index (χ2n) is 7.06. The summed E-state index contributed by atoms with van der Waals surface area (Å²) in [5.74, 6) is -0.872. The van der Waals surface area contributed by atoms with Gasteiger partial charge in [0, 0.05) is 29.0 Å². The first kappa shape index (κ1) is 20.8. The van der Waals surface area contributed by atoms with Crippen LogP contribution in [-0.4, -0.2) is 33.8 Å². The molecule has 1 amide bonds. The van der Waals surface area contributed by atoms with Crippen molar-refractivity contribution in [2.75, 3.05) is 7.11 Å². The first-order valence-electron chi connectivity index (χ1n) is 9.57. The van der Waals surface area contributed by atoms with Crippen molar-refractivity contribution >= 4 is 33.4 Å². The van der Waals surface area contributed by atoms with E-state index in [0.717, 1.165) is 10.0 Å². The van der Waals surface area contributed by atoms with Crippen LogP contribution >= 0.6 is 15.9 Å². The third kappa shape index (κ3) is 4.09. The van der Waals surface area contributed by atoms with E-state index in [1.807, 2.05) is 12.1 Å². The number of benzene rings is 2. The van der Waals surface area contributed by atoms with E-state index < -0.39 is 17.7 Å². The SMILES string of the molecule is COc1ccc(CN2C(=O)C(=O)/C(=C(\O)c3ccc(Br)cc3)C2c2ccncc2)cc1. The van der Waals surface area contributed by atoms with Gasteiger partial charge in [0.05, 0.1) is 18.7 Å². The molecule has 0 aliphatic carbocycles. The van der Waals surface area contributed by atoms with Crippen LogP contribution in [0.25, 0.3) is 5.76 Å². The average Bonchev–Trinajstić information content (AvgIpc) is 3.05. The number of nitrogens with zero attached hydrogens (tertiary/aromatic N) is 2. The van der Waals surface area contributed by atoms with E-state index in [0.29, 0.717) is 16.9 Å². The van der Waals surface area contributed by atoms with Gasteiger partial charge in [-0.15, -0.1) is 0 Å². The molecule has 1 aliphatic heterocycles. The Labute approximate surface area is 187 Å². The smallest absolute Gasteiger partial charge is 0.295 e. The first-order valence-corrected chi connectivity index (χ1v) is 10.4. The van der Waals surface area contributed by atoms with Gasteiger partial charge in [-0.1, -0.05) is 40.2 Å². The van der Waals surface area contributed by atoms with Gasteiger partial charge in [0.2, 0.25) is 0 Å². The molecule has 0 saturated carbocycles. The molecule has 1 atom stereocenters. The molecular weight excluding hydrogens is 460 g/mol. The largest absolute Gasteiger partial charge is 0.507 e. The van der Waals surface area contributed by atoms with E-state index in [9.17, 15) is 14.7 Å². The minimum atomic E-state index is -0.728. The number of aromatic nitrogens is 1. The van der Waals surface area contributed by atoms with Gasteiger partial charge in [0.25, 0.3) is 11.7 Å². The molecule has 6 nitrogen and oxygen atoms in total. The second-order valence-corrected chi connectivity index (χ2v) is 7.98. The quantitative estimate of drug-likeness (QED) is 0.332. The zero-order chi connectivity index (χ0) is 22.0. The van der Waals surface area contributed by atoms with Crippen LogP contribution in [-0.2, 0) is 16.1 Å². The number of likely N-dealkylation sites (tertiary alicyclic amines) is 1. The van der Waals surface area contributed by atoms with Gasteiger partial charge >= 0.3 is 0 Å². The molecule has 4 rings (SSSR count). The van der Waals surface area contributed by atoms with Crippen molar-refractivity contribution in [3.63, 3.8) is 0 Å². The van der Waals surface area contributed by atoms with Gasteiger partial charge in [0.1, 0.15) is 11.5 Å². The summed E-state index contributed by atoms with van der Waals surface area (Å²) >= 11 is 3.36. The van der Waals surface area contributed by atoms with E-state index in [1.165, 1.54) is 4.90 Å². The molecule has 156 valence electrons. The number of hydrogen-bond donors (Lipinski definition) is 1. The molecule has 1 N–H and O–H groups in total. The normalized spacial score (nSPS) is 17.7. The Morgan fingerprint density at radius 2 is 1.68 bits per heavy atom. The molecule has 1 aromatic heterocycles. The Bertz CT molecular complexity index is 1140. The summed E-state index contributed by atoms with van der Waals surface area (Å²) in [7, 11) is 1.58. The van der Waals surface area contributed by atoms with Crippen molar-refractivity contribution < 1.29 is 19.4 Å². The maximum absolute atomic E-state index is 13.0. The summed E-state index contributed by atoms with van der Waals surface area (Å²) in [6.45, 7) is 0.207. The third-order valence-corrected chi connectivity index (χ3v) is 5.72. The van der Waals surface area contributed by atoms with E-state index in [2.05, 4.69) is 20.9 Å². The molecule has 2 aromatic carbocycles. The molecule has 1 fully saturated rings. The van der Waals surface area contributed by atoms with Crippen molar-refractivity contribution in [2.45, 2.75) is 12.6 Å². The fourth-order valence-corrected chi connectivity index (χ4v) is 3.89. The topological polar surface area (TPSA) is 79.7 Å². The Kier molecular flexibility index (Phi) is 5.86. The predicted octanol–water partition coefficient (Wildman–Crippen LogP) is 4.47. The minimum Gasteiger partial charge on any atom is -0.507 e. The number of ketones is 1. The fourth-order valence-electron chi connectivity index (χ4n) is 3.63. The monoisotopic (exact) mass is 478 g/mol. The number of hydrogen-bond acceptors (Lipinski definition) is 5. The van der Waals surface area contributed by atoms with Gasteiger partial charge in [0.15, 0.2) is 0 Å². The number of halogens is 1. The molecular formula is C24H19BrN2O4. The highest BCUT2D eigenvalue weighted by Gasteiger charge is 2.46. The molecule has 1 saturated heterocycles. The number of pyridine rings is 1. The van der Waals surface area contributed by atoms with Crippen LogP contribution in [0.2, 0.25) is 0 Å². The lowest BCUT2D eigenvalue weighted by Gasteiger charge is -2.25. The number of carbonyl (C=O) groups excluding carboxylic acids is 2. The molecule has 3 aromatic rings. The molecule has 1 aliphatic rings. The number of rotatable bonds is 5. The van der Waals surface area contributed by atoms with Crippen molar-refractivity contribution in [2.24, 2.45) is 0 Å². The maximum atomic E-state index is 13.0. The Morgan fingerprint density at radius 3 is 2.29 bits per heavy atom. The van der Waals surface area contributed by atoms with Gasteiger partial charge in [-0.25, -0.2) is 0 Å². The lowest BCUT2D eigenvalue weighted by atomic mass is 9.96. The Hall–Kier alpha value is -3.45. The molecule has 7 heteroatoms. The third-order valence-electron chi connectivity index (χ3n) is 5.19. The fraction of sp³-hybridized carbons (Fsp3) is 0.125. The van der Waals surface area contributed by atoms with E-state index in [4.69, 9.17) is 4.74 Å². The molecule has 0 radical (unpaired) electrons. The zero-order valence-electron chi connectivity index (χ0n) is 16.7. The van der Waals surface area contributed by atoms with Gasteiger partial charge in [-0.05, 0) is 47.5 Å². The van der Waals surface area contributed by atoms with Crippen LogP contribution in [0.4, 0.5) is 0 Å². The van der Waals surface area contributed by atoms with Crippen molar-refractivity contribution in [3.8, 4) is 5.75 Å². The van der Waals surface area contributed by atoms with Crippen LogP contribution in [0.15, 0.2) is 83.1 Å². The Balaban J connectivity index is 1.80. The summed E-state index contributed by atoms with van der Waals surface area (Å²) < 4.78 is 6.03. The predicted molar refractivity (Wildman–Crippen MR) is 119 cm³/mol. The summed E-state index contributed by atoms with van der Waals surface area (Å²) in [6.07, 6.45) is 3.20. The van der Waals surface area contributed by atoms with E-state index in [-0.39, 0.29) is 17.9 Å². The van der Waals surface area contributed by atoms with E-state index in [1.54, 1.807) is 68.0 Å². The van der Waals surface area contributed by atoms with Gasteiger partial charge in [-0.2, -0.15) is 0 Å². The molecule has 31 heavy (non-hydrogen) atoms. The molecule has 2 heterocycles. The van der Waals surface area contributed by atoms with Crippen molar-refractivity contribution in [3.05, 3.63) is 99.8 Å². The van der Waals surface area contributed by atoms with Crippen molar-refractivity contribution in [1.29, 1.82) is 0 Å². The number of ether oxygens (including phenoxy) is 1. The second kappa shape index (κ2) is 8.73. The van der Waals surface area contributed by atoms with E-state index >= 15 is 0 Å². The average molecular weight is 479 g/mol. The summed E-state index contributed by atoms with van der Waals surface area (Å²) in [4.78, 5) is 31.5. The summed E-state index contributed by atoms with van der Waals surface area (Å²) in [6, 6.07) is 17.0. The molecule has 1 unspecified atom stereocenters. The summed E-state index contributed by atoms with van der Waals surface area (Å²) in [5, 5.41) is 11.0. The molecule has 0 bridgehead atoms. The number of aliphatic hydroxyl groups excluding tert-OH is 1. The number of carbonyl (C=O) groups is 2. The number of Topliss-reactive ketones (excluding diaryl/α,β-unsaturated/α-hetero) is 1. The maximum Gasteiger partial charge on any atom is 0.295 e. The highest BCUT2D eigenvalue weighted by atomic mass is 79.9.